The highest BCUT2D eigenvalue weighted by atomic mass is 16.1. The number of hydrogen-bond donors (Lipinski definition) is 1. The fourth-order valence-electron chi connectivity index (χ4n) is 1.68. The van der Waals surface area contributed by atoms with Gasteiger partial charge in [0.1, 0.15) is 0 Å². The summed E-state index contributed by atoms with van der Waals surface area (Å²) in [6, 6.07) is 3.57. The SMILES string of the molecule is CCn1ncc(/C=C\C(=O)c2ccc[nH]2)c1C. The van der Waals surface area contributed by atoms with E-state index in [1.807, 2.05) is 18.5 Å². The van der Waals surface area contributed by atoms with Crippen molar-refractivity contribution in [3.63, 3.8) is 0 Å². The van der Waals surface area contributed by atoms with Gasteiger partial charge in [0.25, 0.3) is 0 Å². The fourth-order valence-corrected chi connectivity index (χ4v) is 1.68. The van der Waals surface area contributed by atoms with Gasteiger partial charge in [0.15, 0.2) is 0 Å². The van der Waals surface area contributed by atoms with Crippen LogP contribution in [0.15, 0.2) is 30.6 Å². The summed E-state index contributed by atoms with van der Waals surface area (Å²) in [7, 11) is 0. The molecular weight excluding hydrogens is 214 g/mol. The van der Waals surface area contributed by atoms with Crippen LogP contribution in [-0.4, -0.2) is 20.5 Å². The molecule has 0 spiro atoms. The molecule has 0 unspecified atom stereocenters. The van der Waals surface area contributed by atoms with Crippen LogP contribution in [-0.2, 0) is 6.54 Å². The molecule has 88 valence electrons. The van der Waals surface area contributed by atoms with E-state index in [1.54, 1.807) is 36.7 Å². The maximum absolute atomic E-state index is 11.7. The second-order valence-corrected chi connectivity index (χ2v) is 3.78. The number of allylic oxidation sites excluding steroid dienone is 1. The summed E-state index contributed by atoms with van der Waals surface area (Å²) in [6.07, 6.45) is 6.88. The zero-order chi connectivity index (χ0) is 12.3. The Balaban J connectivity index is 2.15. The van der Waals surface area contributed by atoms with Gasteiger partial charge >= 0.3 is 0 Å². The topological polar surface area (TPSA) is 50.7 Å². The zero-order valence-electron chi connectivity index (χ0n) is 9.97. The molecule has 2 aromatic heterocycles. The molecule has 17 heavy (non-hydrogen) atoms. The van der Waals surface area contributed by atoms with Crippen molar-refractivity contribution >= 4 is 11.9 Å². The first-order chi connectivity index (χ1) is 8.22. The third-order valence-electron chi connectivity index (χ3n) is 2.72. The third kappa shape index (κ3) is 2.36. The number of nitrogens with one attached hydrogen (secondary N) is 1. The Morgan fingerprint density at radius 2 is 2.41 bits per heavy atom. The third-order valence-corrected chi connectivity index (χ3v) is 2.72. The minimum Gasteiger partial charge on any atom is -0.359 e. The van der Waals surface area contributed by atoms with Crippen LogP contribution in [0.3, 0.4) is 0 Å². The Morgan fingerprint density at radius 3 is 3.00 bits per heavy atom. The highest BCUT2D eigenvalue weighted by molar-refractivity contribution is 6.05. The highest BCUT2D eigenvalue weighted by Gasteiger charge is 2.04. The van der Waals surface area contributed by atoms with Crippen LogP contribution in [0.1, 0.15) is 28.7 Å². The first-order valence-electron chi connectivity index (χ1n) is 5.60. The predicted octanol–water partition coefficient (Wildman–Crippen LogP) is 2.44. The molecule has 0 amide bonds. The van der Waals surface area contributed by atoms with Crippen molar-refractivity contribution in [2.24, 2.45) is 0 Å². The summed E-state index contributed by atoms with van der Waals surface area (Å²) in [5.74, 6) is -0.0290. The van der Waals surface area contributed by atoms with Crippen LogP contribution in [0.5, 0.6) is 0 Å². The average molecular weight is 229 g/mol. The van der Waals surface area contributed by atoms with Gasteiger partial charge in [0.2, 0.25) is 5.78 Å². The lowest BCUT2D eigenvalue weighted by atomic mass is 10.2. The Morgan fingerprint density at radius 1 is 1.59 bits per heavy atom. The van der Waals surface area contributed by atoms with Crippen LogP contribution in [0.2, 0.25) is 0 Å². The molecule has 0 aromatic carbocycles. The molecule has 2 aromatic rings. The van der Waals surface area contributed by atoms with E-state index in [0.29, 0.717) is 5.69 Å². The molecule has 4 nitrogen and oxygen atoms in total. The number of aromatic amines is 1. The molecular formula is C13H15N3O. The maximum Gasteiger partial charge on any atom is 0.201 e. The molecule has 0 radical (unpaired) electrons. The largest absolute Gasteiger partial charge is 0.359 e. The van der Waals surface area contributed by atoms with Crippen molar-refractivity contribution in [2.75, 3.05) is 0 Å². The predicted molar refractivity (Wildman–Crippen MR) is 66.8 cm³/mol. The van der Waals surface area contributed by atoms with Crippen molar-refractivity contribution in [1.82, 2.24) is 14.8 Å². The quantitative estimate of drug-likeness (QED) is 0.646. The normalized spacial score (nSPS) is 11.2. The van der Waals surface area contributed by atoms with Gasteiger partial charge in [-0.25, -0.2) is 0 Å². The summed E-state index contributed by atoms with van der Waals surface area (Å²) >= 11 is 0. The number of aromatic nitrogens is 3. The standard InChI is InChI=1S/C13H15N3O/c1-3-16-10(2)11(9-15-16)6-7-13(17)12-5-4-8-14-12/h4-9,14H,3H2,1-2H3/b7-6-. The minimum atomic E-state index is -0.0290. The average Bonchev–Trinajstić information content (AvgIpc) is 2.96. The molecule has 0 saturated carbocycles. The molecule has 0 atom stereocenters. The number of rotatable bonds is 4. The number of ketones is 1. The Labute approximate surface area is 100.0 Å². The van der Waals surface area contributed by atoms with E-state index in [9.17, 15) is 4.79 Å². The van der Waals surface area contributed by atoms with E-state index in [2.05, 4.69) is 10.1 Å². The summed E-state index contributed by atoms with van der Waals surface area (Å²) in [5.41, 5.74) is 2.65. The second kappa shape index (κ2) is 4.82. The van der Waals surface area contributed by atoms with Crippen LogP contribution in [0.25, 0.3) is 6.08 Å². The van der Waals surface area contributed by atoms with Crippen molar-refractivity contribution in [3.05, 3.63) is 47.6 Å². The monoisotopic (exact) mass is 229 g/mol. The first kappa shape index (κ1) is 11.4. The molecule has 4 heteroatoms. The Bertz CT molecular complexity index is 535. The number of aryl methyl sites for hydroxylation is 1. The number of nitrogens with zero attached hydrogens (tertiary/aromatic N) is 2. The number of carbonyl (C=O) groups excluding carboxylic acids is 1. The number of hydrogen-bond acceptors (Lipinski definition) is 2. The minimum absolute atomic E-state index is 0.0290. The van der Waals surface area contributed by atoms with Crippen LogP contribution < -0.4 is 0 Å². The van der Waals surface area contributed by atoms with E-state index in [4.69, 9.17) is 0 Å². The summed E-state index contributed by atoms with van der Waals surface area (Å²) in [6.45, 7) is 4.87. The van der Waals surface area contributed by atoms with Crippen molar-refractivity contribution in [3.8, 4) is 0 Å². The molecule has 0 aliphatic rings. The van der Waals surface area contributed by atoms with Gasteiger partial charge in [-0.15, -0.1) is 0 Å². The molecule has 0 aliphatic carbocycles. The van der Waals surface area contributed by atoms with Crippen LogP contribution >= 0.6 is 0 Å². The Hall–Kier alpha value is -2.10. The van der Waals surface area contributed by atoms with Crippen molar-refractivity contribution in [2.45, 2.75) is 20.4 Å². The first-order valence-corrected chi connectivity index (χ1v) is 5.60. The van der Waals surface area contributed by atoms with E-state index < -0.39 is 0 Å². The molecule has 0 aliphatic heterocycles. The van der Waals surface area contributed by atoms with Gasteiger partial charge in [-0.3, -0.25) is 9.48 Å². The smallest absolute Gasteiger partial charge is 0.201 e. The molecule has 0 bridgehead atoms. The Kier molecular flexibility index (Phi) is 3.23. The van der Waals surface area contributed by atoms with Gasteiger partial charge < -0.3 is 4.98 Å². The van der Waals surface area contributed by atoms with Gasteiger partial charge in [0.05, 0.1) is 11.9 Å². The van der Waals surface area contributed by atoms with E-state index in [-0.39, 0.29) is 5.78 Å². The van der Waals surface area contributed by atoms with Crippen molar-refractivity contribution < 1.29 is 4.79 Å². The van der Waals surface area contributed by atoms with Crippen molar-refractivity contribution in [1.29, 1.82) is 0 Å². The molecule has 0 saturated heterocycles. The van der Waals surface area contributed by atoms with E-state index >= 15 is 0 Å². The van der Waals surface area contributed by atoms with Gasteiger partial charge in [-0.1, -0.05) is 0 Å². The van der Waals surface area contributed by atoms with E-state index in [1.165, 1.54) is 0 Å². The zero-order valence-corrected chi connectivity index (χ0v) is 9.97. The maximum atomic E-state index is 11.7. The fraction of sp³-hybridized carbons (Fsp3) is 0.231. The summed E-state index contributed by atoms with van der Waals surface area (Å²) < 4.78 is 1.90. The molecule has 0 fully saturated rings. The van der Waals surface area contributed by atoms with Gasteiger partial charge in [-0.2, -0.15) is 5.10 Å². The van der Waals surface area contributed by atoms with Gasteiger partial charge in [-0.05, 0) is 38.1 Å². The molecule has 2 heterocycles. The lowest BCUT2D eigenvalue weighted by Gasteiger charge is -1.98. The summed E-state index contributed by atoms with van der Waals surface area (Å²) in [5, 5.41) is 4.22. The van der Waals surface area contributed by atoms with Crippen LogP contribution in [0, 0.1) is 6.92 Å². The highest BCUT2D eigenvalue weighted by Crippen LogP contribution is 2.10. The number of H-pyrrole nitrogens is 1. The lowest BCUT2D eigenvalue weighted by molar-refractivity contribution is 0.104. The number of carbonyl (C=O) groups is 1. The summed E-state index contributed by atoms with van der Waals surface area (Å²) in [4.78, 5) is 14.6. The molecule has 1 N–H and O–H groups in total. The molecule has 2 rings (SSSR count). The lowest BCUT2D eigenvalue weighted by Crippen LogP contribution is -1.98. The van der Waals surface area contributed by atoms with Gasteiger partial charge in [0, 0.05) is 24.0 Å². The van der Waals surface area contributed by atoms with E-state index in [0.717, 1.165) is 17.8 Å². The second-order valence-electron chi connectivity index (χ2n) is 3.78. The van der Waals surface area contributed by atoms with Crippen LogP contribution in [0.4, 0.5) is 0 Å².